The normalized spacial score (nSPS) is 11.5. The van der Waals surface area contributed by atoms with Crippen LogP contribution >= 0.6 is 11.3 Å². The zero-order valence-corrected chi connectivity index (χ0v) is 15.6. The first-order valence-corrected chi connectivity index (χ1v) is 9.27. The summed E-state index contributed by atoms with van der Waals surface area (Å²) in [5.74, 6) is -0.0499. The van der Waals surface area contributed by atoms with Crippen LogP contribution in [0.5, 0.6) is 0 Å². The minimum Gasteiger partial charge on any atom is -0.350 e. The van der Waals surface area contributed by atoms with Crippen molar-refractivity contribution in [1.82, 2.24) is 15.1 Å². The van der Waals surface area contributed by atoms with Crippen LogP contribution in [0.1, 0.15) is 36.7 Å². The van der Waals surface area contributed by atoms with Crippen molar-refractivity contribution in [2.75, 3.05) is 6.54 Å². The Morgan fingerprint density at radius 2 is 1.92 bits per heavy atom. The lowest BCUT2D eigenvalue weighted by molar-refractivity contribution is 0.0952. The molecule has 5 heteroatoms. The van der Waals surface area contributed by atoms with Crippen molar-refractivity contribution in [3.63, 3.8) is 0 Å². The number of nitrogens with one attached hydrogen (secondary N) is 1. The summed E-state index contributed by atoms with van der Waals surface area (Å²) < 4.78 is 1.86. The molecule has 0 spiro atoms. The molecule has 0 saturated heterocycles. The van der Waals surface area contributed by atoms with Crippen LogP contribution in [0.25, 0.3) is 10.6 Å². The van der Waals surface area contributed by atoms with Crippen molar-refractivity contribution in [3.8, 4) is 10.6 Å². The van der Waals surface area contributed by atoms with E-state index in [1.165, 1.54) is 5.56 Å². The fourth-order valence-electron chi connectivity index (χ4n) is 2.55. The van der Waals surface area contributed by atoms with Crippen LogP contribution in [0.3, 0.4) is 0 Å². The molecule has 3 aromatic rings. The first-order chi connectivity index (χ1) is 11.9. The molecule has 0 bridgehead atoms. The van der Waals surface area contributed by atoms with E-state index in [2.05, 4.69) is 37.3 Å². The second-order valence-electron chi connectivity index (χ2n) is 7.02. The van der Waals surface area contributed by atoms with Crippen molar-refractivity contribution >= 4 is 17.2 Å². The Bertz CT molecular complexity index is 827. The molecule has 0 saturated carbocycles. The number of benzene rings is 1. The highest BCUT2D eigenvalue weighted by atomic mass is 32.1. The minimum atomic E-state index is -0.0499. The van der Waals surface area contributed by atoms with Gasteiger partial charge in [0, 0.05) is 18.3 Å². The van der Waals surface area contributed by atoms with E-state index in [9.17, 15) is 4.79 Å². The Labute approximate surface area is 152 Å². The lowest BCUT2D eigenvalue weighted by atomic mass is 9.87. The number of hydrogen-bond donors (Lipinski definition) is 1. The zero-order chi connectivity index (χ0) is 17.9. The summed E-state index contributed by atoms with van der Waals surface area (Å²) in [6, 6.07) is 13.9. The van der Waals surface area contributed by atoms with Gasteiger partial charge in [-0.2, -0.15) is 5.10 Å². The first-order valence-electron chi connectivity index (χ1n) is 8.39. The molecule has 0 atom stereocenters. The molecule has 2 heterocycles. The smallest absolute Gasteiger partial charge is 0.251 e. The number of aromatic nitrogens is 2. The van der Waals surface area contributed by atoms with Crippen LogP contribution in [-0.2, 0) is 12.0 Å². The second-order valence-corrected chi connectivity index (χ2v) is 7.97. The lowest BCUT2D eigenvalue weighted by Gasteiger charge is -2.19. The lowest BCUT2D eigenvalue weighted by Crippen LogP contribution is -2.27. The highest BCUT2D eigenvalue weighted by Gasteiger charge is 2.14. The van der Waals surface area contributed by atoms with E-state index < -0.39 is 0 Å². The predicted octanol–water partition coefficient (Wildman–Crippen LogP) is 4.34. The quantitative estimate of drug-likeness (QED) is 0.742. The van der Waals surface area contributed by atoms with Crippen LogP contribution < -0.4 is 5.32 Å². The molecule has 1 amide bonds. The summed E-state index contributed by atoms with van der Waals surface area (Å²) in [6.07, 6.45) is 1.94. The molecular weight excluding hydrogens is 330 g/mol. The van der Waals surface area contributed by atoms with Gasteiger partial charge in [-0.25, -0.2) is 0 Å². The summed E-state index contributed by atoms with van der Waals surface area (Å²) in [4.78, 5) is 13.4. The van der Waals surface area contributed by atoms with Gasteiger partial charge in [0.2, 0.25) is 0 Å². The second kappa shape index (κ2) is 7.23. The van der Waals surface area contributed by atoms with Crippen LogP contribution in [0, 0.1) is 0 Å². The van der Waals surface area contributed by atoms with Gasteiger partial charge >= 0.3 is 0 Å². The molecule has 0 radical (unpaired) electrons. The number of carbonyl (C=O) groups is 1. The maximum absolute atomic E-state index is 12.2. The number of amides is 1. The fraction of sp³-hybridized carbons (Fsp3) is 0.300. The zero-order valence-electron chi connectivity index (χ0n) is 14.8. The molecule has 0 aliphatic carbocycles. The third-order valence-electron chi connectivity index (χ3n) is 4.05. The number of hydrogen-bond acceptors (Lipinski definition) is 3. The number of carbonyl (C=O) groups excluding carboxylic acids is 1. The van der Waals surface area contributed by atoms with Crippen LogP contribution in [-0.4, -0.2) is 22.2 Å². The standard InChI is InChI=1S/C20H23N3OS/c1-20(2,3)16-8-6-15(7-9-16)19(24)21-11-13-23-12-10-17(22-23)18-5-4-14-25-18/h4-10,12,14H,11,13H2,1-3H3,(H,21,24). The molecule has 3 rings (SSSR count). The average Bonchev–Trinajstić information content (AvgIpc) is 3.25. The predicted molar refractivity (Wildman–Crippen MR) is 103 cm³/mol. The van der Waals surface area contributed by atoms with E-state index in [4.69, 9.17) is 0 Å². The topological polar surface area (TPSA) is 46.9 Å². The van der Waals surface area contributed by atoms with Gasteiger partial charge in [0.05, 0.1) is 11.4 Å². The van der Waals surface area contributed by atoms with E-state index in [1.54, 1.807) is 11.3 Å². The maximum Gasteiger partial charge on any atom is 0.251 e. The first kappa shape index (κ1) is 17.4. The molecular formula is C20H23N3OS. The van der Waals surface area contributed by atoms with Gasteiger partial charge in [0.25, 0.3) is 5.91 Å². The SMILES string of the molecule is CC(C)(C)c1ccc(C(=O)NCCn2ccc(-c3cccs3)n2)cc1. The molecule has 0 fully saturated rings. The average molecular weight is 353 g/mol. The van der Waals surface area contributed by atoms with Gasteiger partial charge in [-0.05, 0) is 40.6 Å². The monoisotopic (exact) mass is 353 g/mol. The Kier molecular flexibility index (Phi) is 5.04. The van der Waals surface area contributed by atoms with E-state index in [0.717, 1.165) is 10.6 Å². The third kappa shape index (κ3) is 4.37. The van der Waals surface area contributed by atoms with E-state index in [0.29, 0.717) is 18.7 Å². The van der Waals surface area contributed by atoms with Gasteiger partial charge < -0.3 is 5.32 Å². The Hall–Kier alpha value is -2.40. The van der Waals surface area contributed by atoms with Gasteiger partial charge in [-0.15, -0.1) is 11.3 Å². The van der Waals surface area contributed by atoms with Crippen molar-refractivity contribution in [1.29, 1.82) is 0 Å². The molecule has 25 heavy (non-hydrogen) atoms. The van der Waals surface area contributed by atoms with Crippen LogP contribution in [0.15, 0.2) is 54.0 Å². The van der Waals surface area contributed by atoms with Crippen LogP contribution in [0.4, 0.5) is 0 Å². The summed E-state index contributed by atoms with van der Waals surface area (Å²) >= 11 is 1.67. The fourth-order valence-corrected chi connectivity index (χ4v) is 3.24. The summed E-state index contributed by atoms with van der Waals surface area (Å²) in [5.41, 5.74) is 2.98. The number of nitrogens with zero attached hydrogens (tertiary/aromatic N) is 2. The molecule has 2 aromatic heterocycles. The third-order valence-corrected chi connectivity index (χ3v) is 4.95. The van der Waals surface area contributed by atoms with Crippen molar-refractivity contribution in [2.45, 2.75) is 32.7 Å². The molecule has 130 valence electrons. The van der Waals surface area contributed by atoms with Gasteiger partial charge in [-0.3, -0.25) is 9.48 Å². The van der Waals surface area contributed by atoms with Crippen molar-refractivity contribution in [2.24, 2.45) is 0 Å². The summed E-state index contributed by atoms with van der Waals surface area (Å²) in [5, 5.41) is 9.53. The Balaban J connectivity index is 1.53. The number of rotatable bonds is 5. The highest BCUT2D eigenvalue weighted by Crippen LogP contribution is 2.23. The molecule has 1 aromatic carbocycles. The summed E-state index contributed by atoms with van der Waals surface area (Å²) in [6.45, 7) is 7.69. The number of thiophene rings is 1. The Morgan fingerprint density at radius 3 is 2.56 bits per heavy atom. The van der Waals surface area contributed by atoms with E-state index in [1.807, 2.05) is 52.7 Å². The molecule has 0 unspecified atom stereocenters. The van der Waals surface area contributed by atoms with Gasteiger partial charge in [-0.1, -0.05) is 39.0 Å². The minimum absolute atomic E-state index is 0.0499. The van der Waals surface area contributed by atoms with Gasteiger partial charge in [0.1, 0.15) is 5.69 Å². The van der Waals surface area contributed by atoms with Crippen molar-refractivity contribution in [3.05, 3.63) is 65.2 Å². The highest BCUT2D eigenvalue weighted by molar-refractivity contribution is 7.13. The largest absolute Gasteiger partial charge is 0.350 e. The summed E-state index contributed by atoms with van der Waals surface area (Å²) in [7, 11) is 0. The van der Waals surface area contributed by atoms with E-state index in [-0.39, 0.29) is 11.3 Å². The molecule has 0 aliphatic rings. The van der Waals surface area contributed by atoms with E-state index >= 15 is 0 Å². The van der Waals surface area contributed by atoms with Gasteiger partial charge in [0.15, 0.2) is 0 Å². The molecule has 1 N–H and O–H groups in total. The maximum atomic E-state index is 12.2. The molecule has 4 nitrogen and oxygen atoms in total. The molecule has 0 aliphatic heterocycles. The van der Waals surface area contributed by atoms with Crippen molar-refractivity contribution < 1.29 is 4.79 Å². The van der Waals surface area contributed by atoms with Crippen LogP contribution in [0.2, 0.25) is 0 Å². The Morgan fingerprint density at radius 1 is 1.16 bits per heavy atom.